The predicted molar refractivity (Wildman–Crippen MR) is 60.2 cm³/mol. The van der Waals surface area contributed by atoms with Gasteiger partial charge in [-0.2, -0.15) is 0 Å². The van der Waals surface area contributed by atoms with Gasteiger partial charge in [-0.1, -0.05) is 22.0 Å². The quantitative estimate of drug-likeness (QED) is 0.829. The first kappa shape index (κ1) is 9.19. The molecule has 0 saturated heterocycles. The van der Waals surface area contributed by atoms with E-state index in [0.29, 0.717) is 0 Å². The van der Waals surface area contributed by atoms with Crippen LogP contribution in [0, 0.1) is 6.92 Å². The third-order valence-electron chi connectivity index (χ3n) is 2.11. The van der Waals surface area contributed by atoms with Gasteiger partial charge in [0.2, 0.25) is 0 Å². The average molecular weight is 257 g/mol. The largest absolute Gasteiger partial charge is 0.392 e. The highest BCUT2D eigenvalue weighted by Gasteiger charge is 2.08. The molecule has 0 unspecified atom stereocenters. The van der Waals surface area contributed by atoms with Crippen molar-refractivity contribution in [2.75, 3.05) is 0 Å². The van der Waals surface area contributed by atoms with Crippen LogP contribution in [0.3, 0.4) is 0 Å². The van der Waals surface area contributed by atoms with Gasteiger partial charge in [0.1, 0.15) is 0 Å². The number of rotatable bonds is 1. The SMILES string of the molecule is Cc1ccc(Br)c2c(CO)csc12. The Morgan fingerprint density at radius 3 is 2.92 bits per heavy atom. The van der Waals surface area contributed by atoms with Gasteiger partial charge in [-0.05, 0) is 29.5 Å². The number of hydrogen-bond acceptors (Lipinski definition) is 2. The maximum Gasteiger partial charge on any atom is 0.0696 e. The fourth-order valence-electron chi connectivity index (χ4n) is 1.42. The second kappa shape index (κ2) is 3.40. The van der Waals surface area contributed by atoms with Gasteiger partial charge in [-0.25, -0.2) is 0 Å². The van der Waals surface area contributed by atoms with Crippen molar-refractivity contribution in [2.24, 2.45) is 0 Å². The summed E-state index contributed by atoms with van der Waals surface area (Å²) < 4.78 is 2.33. The molecule has 1 N–H and O–H groups in total. The Morgan fingerprint density at radius 1 is 1.46 bits per heavy atom. The van der Waals surface area contributed by atoms with Crippen molar-refractivity contribution in [3.8, 4) is 0 Å². The van der Waals surface area contributed by atoms with Crippen LogP contribution in [0.25, 0.3) is 10.1 Å². The molecule has 2 aromatic rings. The Morgan fingerprint density at radius 2 is 2.23 bits per heavy atom. The summed E-state index contributed by atoms with van der Waals surface area (Å²) in [6, 6.07) is 4.12. The molecule has 1 nitrogen and oxygen atoms in total. The van der Waals surface area contributed by atoms with Gasteiger partial charge in [0.15, 0.2) is 0 Å². The lowest BCUT2D eigenvalue weighted by atomic mass is 10.1. The lowest BCUT2D eigenvalue weighted by molar-refractivity contribution is 0.284. The van der Waals surface area contributed by atoms with Gasteiger partial charge in [-0.15, -0.1) is 11.3 Å². The Balaban J connectivity index is 2.87. The molecule has 0 atom stereocenters. The fourth-order valence-corrected chi connectivity index (χ4v) is 3.20. The molecule has 0 saturated carbocycles. The van der Waals surface area contributed by atoms with Crippen LogP contribution in [0.15, 0.2) is 22.0 Å². The van der Waals surface area contributed by atoms with Crippen LogP contribution in [0.2, 0.25) is 0 Å². The standard InChI is InChI=1S/C10H9BrOS/c1-6-2-3-8(11)9-7(4-12)5-13-10(6)9/h2-3,5,12H,4H2,1H3. The number of benzene rings is 1. The molecule has 2 rings (SSSR count). The summed E-state index contributed by atoms with van der Waals surface area (Å²) >= 11 is 5.19. The molecular formula is C10H9BrOS. The third-order valence-corrected chi connectivity index (χ3v) is 3.94. The Hall–Kier alpha value is -0.380. The summed E-state index contributed by atoms with van der Waals surface area (Å²) in [7, 11) is 0. The zero-order valence-corrected chi connectivity index (χ0v) is 9.58. The summed E-state index contributed by atoms with van der Waals surface area (Å²) in [5, 5.41) is 12.3. The third kappa shape index (κ3) is 1.41. The highest BCUT2D eigenvalue weighted by molar-refractivity contribution is 9.10. The number of aliphatic hydroxyl groups is 1. The Bertz CT molecular complexity index is 447. The van der Waals surface area contributed by atoms with Crippen LogP contribution < -0.4 is 0 Å². The summed E-state index contributed by atoms with van der Waals surface area (Å²) in [5.41, 5.74) is 2.28. The van der Waals surface area contributed by atoms with Crippen LogP contribution in [0.4, 0.5) is 0 Å². The molecule has 0 spiro atoms. The topological polar surface area (TPSA) is 20.2 Å². The molecule has 0 bridgehead atoms. The molecule has 0 amide bonds. The second-order valence-electron chi connectivity index (χ2n) is 2.99. The minimum Gasteiger partial charge on any atom is -0.392 e. The molecule has 68 valence electrons. The number of fused-ring (bicyclic) bond motifs is 1. The van der Waals surface area contributed by atoms with Crippen molar-refractivity contribution in [1.29, 1.82) is 0 Å². The summed E-state index contributed by atoms with van der Waals surface area (Å²) in [4.78, 5) is 0. The van der Waals surface area contributed by atoms with E-state index < -0.39 is 0 Å². The van der Waals surface area contributed by atoms with Crippen molar-refractivity contribution < 1.29 is 5.11 Å². The van der Waals surface area contributed by atoms with E-state index in [1.54, 1.807) is 11.3 Å². The molecule has 1 heterocycles. The van der Waals surface area contributed by atoms with Crippen molar-refractivity contribution in [2.45, 2.75) is 13.5 Å². The van der Waals surface area contributed by atoms with E-state index in [9.17, 15) is 0 Å². The van der Waals surface area contributed by atoms with Crippen LogP contribution in [-0.2, 0) is 6.61 Å². The number of thiophene rings is 1. The number of aryl methyl sites for hydroxylation is 1. The van der Waals surface area contributed by atoms with Crippen LogP contribution in [-0.4, -0.2) is 5.11 Å². The first-order chi connectivity index (χ1) is 6.24. The van der Waals surface area contributed by atoms with Gasteiger partial charge in [0, 0.05) is 14.6 Å². The van der Waals surface area contributed by atoms with E-state index in [0.717, 1.165) is 15.4 Å². The molecule has 1 aromatic heterocycles. The predicted octanol–water partition coefficient (Wildman–Crippen LogP) is 3.46. The molecule has 13 heavy (non-hydrogen) atoms. The normalized spacial score (nSPS) is 11.0. The molecule has 3 heteroatoms. The minimum atomic E-state index is 0.113. The summed E-state index contributed by atoms with van der Waals surface area (Å²) in [5.74, 6) is 0. The van der Waals surface area contributed by atoms with E-state index in [4.69, 9.17) is 5.11 Å². The van der Waals surface area contributed by atoms with E-state index in [2.05, 4.69) is 28.9 Å². The van der Waals surface area contributed by atoms with Gasteiger partial charge < -0.3 is 5.11 Å². The molecule has 1 aromatic carbocycles. The molecule has 0 aliphatic rings. The molecule has 0 aliphatic carbocycles. The van der Waals surface area contributed by atoms with Crippen molar-refractivity contribution in [1.82, 2.24) is 0 Å². The lowest BCUT2D eigenvalue weighted by Crippen LogP contribution is -1.81. The highest BCUT2D eigenvalue weighted by Crippen LogP contribution is 2.34. The van der Waals surface area contributed by atoms with Gasteiger partial charge in [0.25, 0.3) is 0 Å². The van der Waals surface area contributed by atoms with Crippen LogP contribution in [0.1, 0.15) is 11.1 Å². The van der Waals surface area contributed by atoms with Crippen molar-refractivity contribution >= 4 is 37.4 Å². The smallest absolute Gasteiger partial charge is 0.0696 e. The maximum absolute atomic E-state index is 9.13. The number of hydrogen-bond donors (Lipinski definition) is 1. The second-order valence-corrected chi connectivity index (χ2v) is 4.72. The van der Waals surface area contributed by atoms with E-state index in [-0.39, 0.29) is 6.61 Å². The van der Waals surface area contributed by atoms with E-state index in [1.807, 2.05) is 11.4 Å². The Labute approximate surface area is 89.1 Å². The van der Waals surface area contributed by atoms with E-state index in [1.165, 1.54) is 10.3 Å². The van der Waals surface area contributed by atoms with Crippen molar-refractivity contribution in [3.63, 3.8) is 0 Å². The van der Waals surface area contributed by atoms with Gasteiger partial charge in [-0.3, -0.25) is 0 Å². The number of aliphatic hydroxyl groups excluding tert-OH is 1. The first-order valence-corrected chi connectivity index (χ1v) is 5.67. The highest BCUT2D eigenvalue weighted by atomic mass is 79.9. The summed E-state index contributed by atoms with van der Waals surface area (Å²) in [6.45, 7) is 2.20. The average Bonchev–Trinajstić information content (AvgIpc) is 2.56. The summed E-state index contributed by atoms with van der Waals surface area (Å²) in [6.07, 6.45) is 0. The zero-order valence-electron chi connectivity index (χ0n) is 7.17. The Kier molecular flexibility index (Phi) is 2.41. The molecule has 0 fully saturated rings. The van der Waals surface area contributed by atoms with E-state index >= 15 is 0 Å². The lowest BCUT2D eigenvalue weighted by Gasteiger charge is -2.00. The van der Waals surface area contributed by atoms with Crippen molar-refractivity contribution in [3.05, 3.63) is 33.1 Å². The molecular weight excluding hydrogens is 248 g/mol. The number of halogens is 1. The molecule has 0 aliphatic heterocycles. The van der Waals surface area contributed by atoms with Crippen LogP contribution in [0.5, 0.6) is 0 Å². The van der Waals surface area contributed by atoms with Crippen LogP contribution >= 0.6 is 27.3 Å². The first-order valence-electron chi connectivity index (χ1n) is 4.00. The zero-order chi connectivity index (χ0) is 9.42. The fraction of sp³-hybridized carbons (Fsp3) is 0.200. The molecule has 0 radical (unpaired) electrons. The monoisotopic (exact) mass is 256 g/mol. The minimum absolute atomic E-state index is 0.113. The van der Waals surface area contributed by atoms with Gasteiger partial charge in [0.05, 0.1) is 6.61 Å². The maximum atomic E-state index is 9.13. The van der Waals surface area contributed by atoms with Gasteiger partial charge >= 0.3 is 0 Å².